The summed E-state index contributed by atoms with van der Waals surface area (Å²) in [7, 11) is 2.09. The fraction of sp³-hybridized carbons (Fsp3) is 1.00. The van der Waals surface area contributed by atoms with Gasteiger partial charge in [-0.15, -0.1) is 0 Å². The quantitative estimate of drug-likeness (QED) is 0.750. The standard InChI is InChI=1S/C12H23NO/c1-12(8-5-9-14-12)11(13-2)10-6-3-4-7-10/h10-11,13H,3-9H2,1-2H3. The zero-order valence-corrected chi connectivity index (χ0v) is 9.51. The van der Waals surface area contributed by atoms with E-state index in [2.05, 4.69) is 19.3 Å². The Kier molecular flexibility index (Phi) is 3.13. The number of hydrogen-bond donors (Lipinski definition) is 1. The van der Waals surface area contributed by atoms with Crippen LogP contribution >= 0.6 is 0 Å². The molecule has 0 aromatic rings. The number of rotatable bonds is 3. The molecule has 0 amide bonds. The Bertz CT molecular complexity index is 181. The van der Waals surface area contributed by atoms with Crippen LogP contribution in [0.25, 0.3) is 0 Å². The van der Waals surface area contributed by atoms with Gasteiger partial charge in [-0.3, -0.25) is 0 Å². The van der Waals surface area contributed by atoms with E-state index in [0.29, 0.717) is 6.04 Å². The smallest absolute Gasteiger partial charge is 0.0810 e. The molecule has 0 bridgehead atoms. The second-order valence-electron chi connectivity index (χ2n) is 5.08. The molecule has 0 aromatic heterocycles. The Morgan fingerprint density at radius 3 is 2.50 bits per heavy atom. The minimum absolute atomic E-state index is 0.115. The molecule has 2 aliphatic rings. The molecule has 0 spiro atoms. The number of hydrogen-bond acceptors (Lipinski definition) is 2. The van der Waals surface area contributed by atoms with E-state index >= 15 is 0 Å². The zero-order valence-electron chi connectivity index (χ0n) is 9.51. The van der Waals surface area contributed by atoms with E-state index in [4.69, 9.17) is 4.74 Å². The normalized spacial score (nSPS) is 36.4. The van der Waals surface area contributed by atoms with Crippen LogP contribution in [0.2, 0.25) is 0 Å². The lowest BCUT2D eigenvalue weighted by atomic mass is 9.83. The summed E-state index contributed by atoms with van der Waals surface area (Å²) in [6, 6.07) is 0.576. The minimum atomic E-state index is 0.115. The molecular formula is C12H23NO. The highest BCUT2D eigenvalue weighted by atomic mass is 16.5. The molecule has 82 valence electrons. The summed E-state index contributed by atoms with van der Waals surface area (Å²) in [5.74, 6) is 0.850. The van der Waals surface area contributed by atoms with Gasteiger partial charge < -0.3 is 10.1 Å². The first-order valence-electron chi connectivity index (χ1n) is 6.07. The van der Waals surface area contributed by atoms with Gasteiger partial charge in [-0.1, -0.05) is 12.8 Å². The molecule has 14 heavy (non-hydrogen) atoms. The van der Waals surface area contributed by atoms with Crippen LogP contribution in [0.3, 0.4) is 0 Å². The summed E-state index contributed by atoms with van der Waals surface area (Å²) in [5.41, 5.74) is 0.115. The molecule has 2 atom stereocenters. The van der Waals surface area contributed by atoms with Crippen molar-refractivity contribution in [2.45, 2.75) is 57.1 Å². The highest BCUT2D eigenvalue weighted by molar-refractivity contribution is 4.96. The van der Waals surface area contributed by atoms with Gasteiger partial charge in [0.25, 0.3) is 0 Å². The molecular weight excluding hydrogens is 174 g/mol. The summed E-state index contributed by atoms with van der Waals surface area (Å²) in [6.07, 6.45) is 8.09. The third kappa shape index (κ3) is 1.82. The summed E-state index contributed by atoms with van der Waals surface area (Å²) in [5, 5.41) is 3.50. The van der Waals surface area contributed by atoms with Crippen LogP contribution in [0, 0.1) is 5.92 Å². The number of ether oxygens (including phenoxy) is 1. The van der Waals surface area contributed by atoms with E-state index in [9.17, 15) is 0 Å². The molecule has 2 unspecified atom stereocenters. The molecule has 1 aliphatic heterocycles. The third-order valence-corrected chi connectivity index (χ3v) is 4.09. The van der Waals surface area contributed by atoms with Crippen molar-refractivity contribution < 1.29 is 4.74 Å². The highest BCUT2D eigenvalue weighted by Crippen LogP contribution is 2.38. The van der Waals surface area contributed by atoms with Crippen molar-refractivity contribution >= 4 is 0 Å². The van der Waals surface area contributed by atoms with Crippen LogP contribution in [0.4, 0.5) is 0 Å². The van der Waals surface area contributed by atoms with E-state index in [1.54, 1.807) is 0 Å². The average Bonchev–Trinajstić information content (AvgIpc) is 2.78. The molecule has 2 fully saturated rings. The largest absolute Gasteiger partial charge is 0.374 e. The van der Waals surface area contributed by atoms with Gasteiger partial charge in [0.05, 0.1) is 5.60 Å². The van der Waals surface area contributed by atoms with E-state index in [1.165, 1.54) is 38.5 Å². The third-order valence-electron chi connectivity index (χ3n) is 4.09. The predicted molar refractivity (Wildman–Crippen MR) is 58.4 cm³/mol. The Labute approximate surface area is 87.4 Å². The maximum Gasteiger partial charge on any atom is 0.0810 e. The van der Waals surface area contributed by atoms with Crippen LogP contribution in [0.15, 0.2) is 0 Å². The summed E-state index contributed by atoms with van der Waals surface area (Å²) in [6.45, 7) is 3.25. The van der Waals surface area contributed by atoms with Gasteiger partial charge in [0.1, 0.15) is 0 Å². The van der Waals surface area contributed by atoms with E-state index in [0.717, 1.165) is 12.5 Å². The van der Waals surface area contributed by atoms with Crippen LogP contribution in [0.1, 0.15) is 45.4 Å². The molecule has 1 aliphatic carbocycles. The monoisotopic (exact) mass is 197 g/mol. The van der Waals surface area contributed by atoms with Crippen molar-refractivity contribution in [1.29, 1.82) is 0 Å². The number of nitrogens with one attached hydrogen (secondary N) is 1. The molecule has 1 saturated heterocycles. The molecule has 0 aromatic carbocycles. The van der Waals surface area contributed by atoms with Gasteiger partial charge in [0, 0.05) is 12.6 Å². The first kappa shape index (κ1) is 10.4. The van der Waals surface area contributed by atoms with Crippen molar-refractivity contribution in [3.63, 3.8) is 0 Å². The van der Waals surface area contributed by atoms with E-state index < -0.39 is 0 Å². The van der Waals surface area contributed by atoms with Crippen molar-refractivity contribution in [2.24, 2.45) is 5.92 Å². The lowest BCUT2D eigenvalue weighted by Crippen LogP contribution is -2.51. The second kappa shape index (κ2) is 4.19. The molecule has 1 heterocycles. The van der Waals surface area contributed by atoms with Crippen molar-refractivity contribution in [2.75, 3.05) is 13.7 Å². The predicted octanol–water partition coefficient (Wildman–Crippen LogP) is 2.33. The van der Waals surface area contributed by atoms with Crippen LogP contribution in [-0.2, 0) is 4.74 Å². The summed E-state index contributed by atoms with van der Waals surface area (Å²) >= 11 is 0. The molecule has 2 nitrogen and oxygen atoms in total. The first-order valence-corrected chi connectivity index (χ1v) is 6.07. The van der Waals surface area contributed by atoms with Crippen molar-refractivity contribution in [1.82, 2.24) is 5.32 Å². The molecule has 2 heteroatoms. The van der Waals surface area contributed by atoms with Gasteiger partial charge in [0.15, 0.2) is 0 Å². The molecule has 2 rings (SSSR count). The highest BCUT2D eigenvalue weighted by Gasteiger charge is 2.42. The Balaban J connectivity index is 2.03. The maximum atomic E-state index is 5.94. The molecule has 1 N–H and O–H groups in total. The number of likely N-dealkylation sites (N-methyl/N-ethyl adjacent to an activating group) is 1. The fourth-order valence-electron chi connectivity index (χ4n) is 3.38. The van der Waals surface area contributed by atoms with Gasteiger partial charge in [-0.2, -0.15) is 0 Å². The Morgan fingerprint density at radius 2 is 2.00 bits per heavy atom. The second-order valence-corrected chi connectivity index (χ2v) is 5.08. The lowest BCUT2D eigenvalue weighted by molar-refractivity contribution is -0.0258. The van der Waals surface area contributed by atoms with Crippen molar-refractivity contribution in [3.8, 4) is 0 Å². The van der Waals surface area contributed by atoms with Gasteiger partial charge in [0.2, 0.25) is 0 Å². The zero-order chi connectivity index (χ0) is 10.0. The van der Waals surface area contributed by atoms with Crippen molar-refractivity contribution in [3.05, 3.63) is 0 Å². The first-order chi connectivity index (χ1) is 6.76. The minimum Gasteiger partial charge on any atom is -0.374 e. The van der Waals surface area contributed by atoms with Gasteiger partial charge >= 0.3 is 0 Å². The lowest BCUT2D eigenvalue weighted by Gasteiger charge is -2.37. The van der Waals surface area contributed by atoms with Gasteiger partial charge in [-0.25, -0.2) is 0 Å². The van der Waals surface area contributed by atoms with Crippen LogP contribution in [-0.4, -0.2) is 25.3 Å². The summed E-state index contributed by atoms with van der Waals surface area (Å²) in [4.78, 5) is 0. The summed E-state index contributed by atoms with van der Waals surface area (Å²) < 4.78 is 5.94. The van der Waals surface area contributed by atoms with Crippen LogP contribution < -0.4 is 5.32 Å². The average molecular weight is 197 g/mol. The molecule has 0 radical (unpaired) electrons. The Morgan fingerprint density at radius 1 is 1.29 bits per heavy atom. The van der Waals surface area contributed by atoms with E-state index in [-0.39, 0.29) is 5.60 Å². The van der Waals surface area contributed by atoms with Gasteiger partial charge in [-0.05, 0) is 45.6 Å². The SMILES string of the molecule is CNC(C1CCCC1)C1(C)CCCO1. The topological polar surface area (TPSA) is 21.3 Å². The van der Waals surface area contributed by atoms with Crippen LogP contribution in [0.5, 0.6) is 0 Å². The Hall–Kier alpha value is -0.0800. The van der Waals surface area contributed by atoms with E-state index in [1.807, 2.05) is 0 Å². The fourth-order valence-corrected chi connectivity index (χ4v) is 3.38. The maximum absolute atomic E-state index is 5.94. The molecule has 1 saturated carbocycles.